The molecule has 9 heteroatoms. The van der Waals surface area contributed by atoms with Crippen molar-refractivity contribution in [2.75, 3.05) is 5.32 Å². The summed E-state index contributed by atoms with van der Waals surface area (Å²) in [5.41, 5.74) is 1.17. The number of hydrogen-bond donors (Lipinski definition) is 2. The zero-order valence-corrected chi connectivity index (χ0v) is 15.8. The summed E-state index contributed by atoms with van der Waals surface area (Å²) in [6, 6.07) is 9.93. The summed E-state index contributed by atoms with van der Waals surface area (Å²) in [7, 11) is -3.99. The average molecular weight is 393 g/mol. The first-order valence-corrected chi connectivity index (χ1v) is 10.5. The van der Waals surface area contributed by atoms with Crippen molar-refractivity contribution in [2.24, 2.45) is 5.92 Å². The Bertz CT molecular complexity index is 909. The second kappa shape index (κ2) is 7.55. The highest BCUT2D eigenvalue weighted by molar-refractivity contribution is 7.92. The molecule has 1 aromatic heterocycles. The van der Waals surface area contributed by atoms with Crippen LogP contribution in [0.3, 0.4) is 0 Å². The van der Waals surface area contributed by atoms with Gasteiger partial charge in [-0.05, 0) is 30.7 Å². The van der Waals surface area contributed by atoms with Gasteiger partial charge in [0.2, 0.25) is 11.8 Å². The lowest BCUT2D eigenvalue weighted by molar-refractivity contribution is -0.123. The lowest BCUT2D eigenvalue weighted by atomic mass is 9.96. The third-order valence-electron chi connectivity index (χ3n) is 4.34. The van der Waals surface area contributed by atoms with Gasteiger partial charge in [0.05, 0.1) is 6.20 Å². The van der Waals surface area contributed by atoms with Gasteiger partial charge in [-0.1, -0.05) is 41.7 Å². The summed E-state index contributed by atoms with van der Waals surface area (Å²) in [6.07, 6.45) is 3.27. The number of thiazole rings is 1. The van der Waals surface area contributed by atoms with E-state index in [1.807, 2.05) is 30.3 Å². The molecule has 2 N–H and O–H groups in total. The van der Waals surface area contributed by atoms with E-state index >= 15 is 0 Å². The average Bonchev–Trinajstić information content (AvgIpc) is 3.24. The third kappa shape index (κ3) is 4.28. The molecule has 0 unspecified atom stereocenters. The summed E-state index contributed by atoms with van der Waals surface area (Å²) in [5.74, 6) is -0.898. The highest BCUT2D eigenvalue weighted by atomic mass is 32.2. The van der Waals surface area contributed by atoms with E-state index < -0.39 is 15.9 Å². The molecule has 0 bridgehead atoms. The van der Waals surface area contributed by atoms with Gasteiger partial charge in [0.15, 0.2) is 9.34 Å². The number of nitrogens with zero attached hydrogens (tertiary/aromatic N) is 1. The maximum Gasteiger partial charge on any atom is 0.275 e. The molecule has 138 valence electrons. The second-order valence-corrected chi connectivity index (χ2v) is 9.19. The van der Waals surface area contributed by atoms with Crippen molar-refractivity contribution < 1.29 is 18.0 Å². The fraction of sp³-hybridized carbons (Fsp3) is 0.353. The first-order valence-electron chi connectivity index (χ1n) is 8.20. The fourth-order valence-corrected chi connectivity index (χ4v) is 5.23. The molecule has 2 atom stereocenters. The molecule has 1 aromatic carbocycles. The number of rotatable bonds is 5. The van der Waals surface area contributed by atoms with E-state index in [-0.39, 0.29) is 27.1 Å². The van der Waals surface area contributed by atoms with Gasteiger partial charge < -0.3 is 5.32 Å². The van der Waals surface area contributed by atoms with Gasteiger partial charge in [-0.3, -0.25) is 9.59 Å². The van der Waals surface area contributed by atoms with Gasteiger partial charge >= 0.3 is 0 Å². The van der Waals surface area contributed by atoms with Crippen LogP contribution in [-0.4, -0.2) is 25.2 Å². The molecule has 2 aromatic rings. The molecule has 1 aliphatic rings. The Morgan fingerprint density at radius 2 is 1.92 bits per heavy atom. The molecule has 1 aliphatic carbocycles. The Hall–Kier alpha value is -2.26. The van der Waals surface area contributed by atoms with Crippen LogP contribution in [0.25, 0.3) is 0 Å². The number of nitrogens with one attached hydrogen (secondary N) is 2. The standard InChI is InChI=1S/C17H19N3O4S2/c1-11(21)19-17-18-10-15(25-17)26(23,24)20-16(22)14-8-7-13(9-14)12-5-3-2-4-6-12/h2-6,10,13-14H,7-9H2,1H3,(H,20,22)(H,18,19,21)/t13-,14-/m1/s1. The zero-order valence-electron chi connectivity index (χ0n) is 14.1. The molecule has 26 heavy (non-hydrogen) atoms. The largest absolute Gasteiger partial charge is 0.302 e. The Morgan fingerprint density at radius 3 is 2.62 bits per heavy atom. The quantitative estimate of drug-likeness (QED) is 0.812. The molecule has 3 rings (SSSR count). The van der Waals surface area contributed by atoms with Crippen molar-refractivity contribution in [3.8, 4) is 0 Å². The monoisotopic (exact) mass is 393 g/mol. The van der Waals surface area contributed by atoms with Crippen molar-refractivity contribution in [1.29, 1.82) is 0 Å². The van der Waals surface area contributed by atoms with E-state index in [9.17, 15) is 18.0 Å². The smallest absolute Gasteiger partial charge is 0.275 e. The zero-order chi connectivity index (χ0) is 18.7. The SMILES string of the molecule is CC(=O)Nc1ncc(S(=O)(=O)NC(=O)[C@@H]2CC[C@@H](c3ccccc3)C2)s1. The van der Waals surface area contributed by atoms with Gasteiger partial charge in [0, 0.05) is 12.8 Å². The van der Waals surface area contributed by atoms with Crippen LogP contribution in [-0.2, 0) is 19.6 Å². The van der Waals surface area contributed by atoms with Gasteiger partial charge in [-0.25, -0.2) is 18.1 Å². The van der Waals surface area contributed by atoms with E-state index in [4.69, 9.17) is 0 Å². The number of hydrogen-bond acceptors (Lipinski definition) is 6. The normalized spacial score (nSPS) is 19.9. The van der Waals surface area contributed by atoms with Crippen LogP contribution < -0.4 is 10.0 Å². The lowest BCUT2D eigenvalue weighted by Crippen LogP contribution is -2.34. The first-order chi connectivity index (χ1) is 12.3. The van der Waals surface area contributed by atoms with E-state index in [1.54, 1.807) is 0 Å². The Balaban J connectivity index is 1.64. The number of amides is 2. The summed E-state index contributed by atoms with van der Waals surface area (Å²) >= 11 is 0.804. The van der Waals surface area contributed by atoms with Crippen LogP contribution >= 0.6 is 11.3 Å². The summed E-state index contributed by atoms with van der Waals surface area (Å²) < 4.78 is 26.8. The molecular formula is C17H19N3O4S2. The molecule has 1 fully saturated rings. The number of benzene rings is 1. The highest BCUT2D eigenvalue weighted by Gasteiger charge is 2.33. The van der Waals surface area contributed by atoms with Crippen LogP contribution in [0.1, 0.15) is 37.7 Å². The molecule has 1 saturated carbocycles. The van der Waals surface area contributed by atoms with Gasteiger partial charge in [-0.15, -0.1) is 0 Å². The number of aromatic nitrogens is 1. The molecule has 0 spiro atoms. The molecule has 1 heterocycles. The van der Waals surface area contributed by atoms with Crippen LogP contribution in [0.5, 0.6) is 0 Å². The number of sulfonamides is 1. The number of carbonyl (C=O) groups excluding carboxylic acids is 2. The van der Waals surface area contributed by atoms with Crippen molar-refractivity contribution in [3.63, 3.8) is 0 Å². The minimum Gasteiger partial charge on any atom is -0.302 e. The van der Waals surface area contributed by atoms with Crippen LogP contribution in [0, 0.1) is 5.92 Å². The Labute approximate surface area is 155 Å². The van der Waals surface area contributed by atoms with E-state index in [2.05, 4.69) is 15.0 Å². The minimum atomic E-state index is -3.99. The van der Waals surface area contributed by atoms with Crippen molar-refractivity contribution in [2.45, 2.75) is 36.3 Å². The van der Waals surface area contributed by atoms with Gasteiger partial charge in [0.1, 0.15) is 0 Å². The molecule has 0 aliphatic heterocycles. The topological polar surface area (TPSA) is 105 Å². The maximum absolute atomic E-state index is 12.4. The third-order valence-corrected chi connectivity index (χ3v) is 7.06. The summed E-state index contributed by atoms with van der Waals surface area (Å²) in [5, 5.41) is 2.60. The van der Waals surface area contributed by atoms with Crippen LogP contribution in [0.4, 0.5) is 5.13 Å². The second-order valence-electron chi connectivity index (χ2n) is 6.25. The predicted molar refractivity (Wildman–Crippen MR) is 98.3 cm³/mol. The number of carbonyl (C=O) groups is 2. The van der Waals surface area contributed by atoms with E-state index in [0.29, 0.717) is 12.8 Å². The van der Waals surface area contributed by atoms with Crippen LogP contribution in [0.15, 0.2) is 40.7 Å². The maximum atomic E-state index is 12.4. The Kier molecular flexibility index (Phi) is 5.38. The van der Waals surface area contributed by atoms with Gasteiger partial charge in [-0.2, -0.15) is 0 Å². The number of anilines is 1. The predicted octanol–water partition coefficient (Wildman–Crippen LogP) is 2.49. The summed E-state index contributed by atoms with van der Waals surface area (Å²) in [4.78, 5) is 27.3. The minimum absolute atomic E-state index is 0.104. The molecule has 7 nitrogen and oxygen atoms in total. The fourth-order valence-electron chi connectivity index (χ4n) is 3.11. The Morgan fingerprint density at radius 1 is 1.19 bits per heavy atom. The highest BCUT2D eigenvalue weighted by Crippen LogP contribution is 2.38. The van der Waals surface area contributed by atoms with Crippen molar-refractivity contribution in [1.82, 2.24) is 9.71 Å². The molecular weight excluding hydrogens is 374 g/mol. The van der Waals surface area contributed by atoms with Crippen molar-refractivity contribution >= 4 is 38.3 Å². The lowest BCUT2D eigenvalue weighted by Gasteiger charge is -2.12. The van der Waals surface area contributed by atoms with E-state index in [0.717, 1.165) is 24.0 Å². The van der Waals surface area contributed by atoms with E-state index in [1.165, 1.54) is 12.5 Å². The van der Waals surface area contributed by atoms with Crippen LogP contribution in [0.2, 0.25) is 0 Å². The molecule has 0 radical (unpaired) electrons. The van der Waals surface area contributed by atoms with Gasteiger partial charge in [0.25, 0.3) is 10.0 Å². The molecule has 0 saturated heterocycles. The summed E-state index contributed by atoms with van der Waals surface area (Å²) in [6.45, 7) is 1.31. The first kappa shape index (κ1) is 18.5. The molecule has 2 amide bonds. The van der Waals surface area contributed by atoms with Crippen molar-refractivity contribution in [3.05, 3.63) is 42.1 Å².